The van der Waals surface area contributed by atoms with Crippen molar-refractivity contribution in [1.82, 2.24) is 10.2 Å². The van der Waals surface area contributed by atoms with Crippen LogP contribution in [0, 0.1) is 0 Å². The molecule has 1 saturated heterocycles. The van der Waals surface area contributed by atoms with E-state index in [1.54, 1.807) is 7.11 Å². The number of nitrogens with one attached hydrogen (secondary N) is 1. The van der Waals surface area contributed by atoms with Crippen LogP contribution in [0.15, 0.2) is 29.3 Å². The van der Waals surface area contributed by atoms with E-state index in [-0.39, 0.29) is 12.4 Å². The molecule has 9 heteroatoms. The van der Waals surface area contributed by atoms with Gasteiger partial charge in [0.25, 0.3) is 0 Å². The molecular formula is C19H32N4O4S. The Morgan fingerprint density at radius 3 is 2.39 bits per heavy atom. The van der Waals surface area contributed by atoms with Crippen LogP contribution in [0.1, 0.15) is 6.92 Å². The molecule has 0 amide bonds. The zero-order valence-electron chi connectivity index (χ0n) is 17.1. The molecule has 0 aromatic heterocycles. The molecule has 8 nitrogen and oxygen atoms in total. The molecule has 1 aliphatic rings. The van der Waals surface area contributed by atoms with Crippen molar-refractivity contribution in [2.45, 2.75) is 6.92 Å². The average molecular weight is 413 g/mol. The summed E-state index contributed by atoms with van der Waals surface area (Å²) in [6, 6.07) is 8.14. The molecule has 0 radical (unpaired) electrons. The van der Waals surface area contributed by atoms with Crippen LogP contribution in [0.5, 0.6) is 5.75 Å². The number of guanidine groups is 1. The first kappa shape index (κ1) is 22.3. The Morgan fingerprint density at radius 2 is 1.82 bits per heavy atom. The van der Waals surface area contributed by atoms with Crippen LogP contribution in [0.2, 0.25) is 0 Å². The predicted octanol–water partition coefficient (Wildman–Crippen LogP) is 0.844. The van der Waals surface area contributed by atoms with Crippen LogP contribution in [0.3, 0.4) is 0 Å². The summed E-state index contributed by atoms with van der Waals surface area (Å²) < 4.78 is 32.8. The van der Waals surface area contributed by atoms with Crippen molar-refractivity contribution in [2.75, 3.05) is 76.5 Å². The highest BCUT2D eigenvalue weighted by Crippen LogP contribution is 2.20. The minimum absolute atomic E-state index is 0.0457. The minimum Gasteiger partial charge on any atom is -0.497 e. The van der Waals surface area contributed by atoms with E-state index < -0.39 is 9.84 Å². The Hall–Kier alpha value is -2.00. The summed E-state index contributed by atoms with van der Waals surface area (Å²) in [4.78, 5) is 9.22. The minimum atomic E-state index is -2.98. The van der Waals surface area contributed by atoms with Crippen LogP contribution >= 0.6 is 0 Å². The van der Waals surface area contributed by atoms with E-state index in [0.29, 0.717) is 13.2 Å². The number of rotatable bonds is 9. The molecule has 0 atom stereocenters. The Morgan fingerprint density at radius 1 is 1.14 bits per heavy atom. The standard InChI is InChI=1S/C19H32N4O4S/c1-4-20-19(21-9-14-27-15-16-28(3,24)25)23-12-10-22(11-13-23)17-5-7-18(26-2)8-6-17/h5-8H,4,9-16H2,1-3H3,(H,20,21). The maximum atomic E-state index is 11.1. The van der Waals surface area contributed by atoms with Crippen molar-refractivity contribution in [3.05, 3.63) is 24.3 Å². The Bertz CT molecular complexity index is 714. The van der Waals surface area contributed by atoms with Gasteiger partial charge in [-0.3, -0.25) is 4.99 Å². The lowest BCUT2D eigenvalue weighted by Gasteiger charge is -2.37. The second-order valence-corrected chi connectivity index (χ2v) is 8.91. The van der Waals surface area contributed by atoms with Gasteiger partial charge in [0.1, 0.15) is 15.6 Å². The Kier molecular flexibility index (Phi) is 8.85. The normalized spacial score (nSPS) is 15.6. The molecule has 0 aliphatic carbocycles. The number of hydrogen-bond acceptors (Lipinski definition) is 6. The van der Waals surface area contributed by atoms with Gasteiger partial charge in [0.05, 0.1) is 32.6 Å². The third kappa shape index (κ3) is 7.55. The van der Waals surface area contributed by atoms with E-state index in [9.17, 15) is 8.42 Å². The molecule has 0 bridgehead atoms. The maximum absolute atomic E-state index is 11.1. The number of sulfone groups is 1. The van der Waals surface area contributed by atoms with Gasteiger partial charge < -0.3 is 24.6 Å². The van der Waals surface area contributed by atoms with Gasteiger partial charge in [0.15, 0.2) is 5.96 Å². The van der Waals surface area contributed by atoms with Gasteiger partial charge in [-0.1, -0.05) is 0 Å². The van der Waals surface area contributed by atoms with Gasteiger partial charge in [-0.15, -0.1) is 0 Å². The van der Waals surface area contributed by atoms with Gasteiger partial charge in [-0.25, -0.2) is 8.42 Å². The summed E-state index contributed by atoms with van der Waals surface area (Å²) in [5.41, 5.74) is 1.20. The molecule has 0 spiro atoms. The molecule has 1 heterocycles. The van der Waals surface area contributed by atoms with Gasteiger partial charge in [0, 0.05) is 44.7 Å². The molecule has 1 N–H and O–H groups in total. The van der Waals surface area contributed by atoms with Crippen molar-refractivity contribution in [3.63, 3.8) is 0 Å². The van der Waals surface area contributed by atoms with E-state index in [0.717, 1.165) is 44.4 Å². The SMILES string of the molecule is CCNC(=NCCOCCS(C)(=O)=O)N1CCN(c2ccc(OC)cc2)CC1. The van der Waals surface area contributed by atoms with E-state index in [1.807, 2.05) is 19.1 Å². The van der Waals surface area contributed by atoms with Crippen molar-refractivity contribution >= 4 is 21.5 Å². The summed E-state index contributed by atoms with van der Waals surface area (Å²) in [5, 5.41) is 3.33. The number of piperazine rings is 1. The number of anilines is 1. The van der Waals surface area contributed by atoms with Gasteiger partial charge >= 0.3 is 0 Å². The molecule has 0 saturated carbocycles. The third-order valence-corrected chi connectivity index (χ3v) is 5.36. The Labute approximate surface area is 168 Å². The molecular weight excluding hydrogens is 380 g/mol. The quantitative estimate of drug-likeness (QED) is 0.366. The first-order chi connectivity index (χ1) is 13.4. The van der Waals surface area contributed by atoms with E-state index >= 15 is 0 Å². The van der Waals surface area contributed by atoms with Crippen molar-refractivity contribution in [2.24, 2.45) is 4.99 Å². The number of aliphatic imine (C=N–C) groups is 1. The van der Waals surface area contributed by atoms with Crippen LogP contribution in [0.4, 0.5) is 5.69 Å². The zero-order chi connectivity index (χ0) is 20.4. The highest BCUT2D eigenvalue weighted by molar-refractivity contribution is 7.90. The van der Waals surface area contributed by atoms with Crippen LogP contribution in [-0.2, 0) is 14.6 Å². The van der Waals surface area contributed by atoms with Gasteiger partial charge in [0.2, 0.25) is 0 Å². The van der Waals surface area contributed by atoms with E-state index in [4.69, 9.17) is 9.47 Å². The lowest BCUT2D eigenvalue weighted by Crippen LogP contribution is -2.52. The number of benzene rings is 1. The van der Waals surface area contributed by atoms with Gasteiger partial charge in [-0.2, -0.15) is 0 Å². The second-order valence-electron chi connectivity index (χ2n) is 6.65. The number of nitrogens with zero attached hydrogens (tertiary/aromatic N) is 3. The van der Waals surface area contributed by atoms with Crippen molar-refractivity contribution < 1.29 is 17.9 Å². The summed E-state index contributed by atoms with van der Waals surface area (Å²) >= 11 is 0. The fraction of sp³-hybridized carbons (Fsp3) is 0.632. The lowest BCUT2D eigenvalue weighted by atomic mass is 10.2. The number of ether oxygens (including phenoxy) is 2. The topological polar surface area (TPSA) is 83.5 Å². The molecule has 0 unspecified atom stereocenters. The van der Waals surface area contributed by atoms with Crippen LogP contribution in [-0.4, -0.2) is 90.9 Å². The van der Waals surface area contributed by atoms with Crippen LogP contribution < -0.4 is 15.0 Å². The highest BCUT2D eigenvalue weighted by Gasteiger charge is 2.19. The predicted molar refractivity (Wildman–Crippen MR) is 113 cm³/mol. The summed E-state index contributed by atoms with van der Waals surface area (Å²) in [7, 11) is -1.31. The molecule has 1 aromatic rings. The Balaban J connectivity index is 1.80. The smallest absolute Gasteiger partial charge is 0.194 e. The summed E-state index contributed by atoms with van der Waals surface area (Å²) in [6.45, 7) is 7.58. The first-order valence-corrected chi connectivity index (χ1v) is 11.7. The fourth-order valence-corrected chi connectivity index (χ4v) is 3.34. The molecule has 2 rings (SSSR count). The van der Waals surface area contributed by atoms with Crippen molar-refractivity contribution in [1.29, 1.82) is 0 Å². The monoisotopic (exact) mass is 412 g/mol. The van der Waals surface area contributed by atoms with E-state index in [1.165, 1.54) is 11.9 Å². The highest BCUT2D eigenvalue weighted by atomic mass is 32.2. The summed E-state index contributed by atoms with van der Waals surface area (Å²) in [5.74, 6) is 1.79. The van der Waals surface area contributed by atoms with Crippen LogP contribution in [0.25, 0.3) is 0 Å². The fourth-order valence-electron chi connectivity index (χ4n) is 2.92. The molecule has 1 aromatic carbocycles. The molecule has 28 heavy (non-hydrogen) atoms. The molecule has 1 aliphatic heterocycles. The number of methoxy groups -OCH3 is 1. The van der Waals surface area contributed by atoms with E-state index in [2.05, 4.69) is 32.2 Å². The average Bonchev–Trinajstić information content (AvgIpc) is 2.69. The van der Waals surface area contributed by atoms with Crippen molar-refractivity contribution in [3.8, 4) is 5.75 Å². The first-order valence-electron chi connectivity index (χ1n) is 9.60. The maximum Gasteiger partial charge on any atom is 0.194 e. The molecule has 158 valence electrons. The third-order valence-electron chi connectivity index (χ3n) is 4.45. The second kappa shape index (κ2) is 11.1. The largest absolute Gasteiger partial charge is 0.497 e. The zero-order valence-corrected chi connectivity index (χ0v) is 17.9. The lowest BCUT2D eigenvalue weighted by molar-refractivity contribution is 0.157. The summed E-state index contributed by atoms with van der Waals surface area (Å²) in [6.07, 6.45) is 1.21. The van der Waals surface area contributed by atoms with Gasteiger partial charge in [-0.05, 0) is 31.2 Å². The number of hydrogen-bond donors (Lipinski definition) is 1. The molecule has 1 fully saturated rings.